The number of urea groups is 1. The molecule has 0 spiro atoms. The van der Waals surface area contributed by atoms with Crippen LogP contribution in [0.4, 0.5) is 4.79 Å². The Morgan fingerprint density at radius 1 is 1.37 bits per heavy atom. The standard InChI is InChI=1S/C13H23N3O3/c1-2-6-16(9-12(17)18)13(19)14-10-5-7-15(8-10)11-3-4-11/h10-11H,2-9H2,1H3,(H,14,19)(H,17,18). The van der Waals surface area contributed by atoms with Crippen LogP contribution in [0, 0.1) is 0 Å². The van der Waals surface area contributed by atoms with Crippen molar-refractivity contribution in [2.75, 3.05) is 26.2 Å². The third-order valence-corrected chi connectivity index (χ3v) is 3.72. The predicted molar refractivity (Wildman–Crippen MR) is 71.0 cm³/mol. The van der Waals surface area contributed by atoms with Crippen LogP contribution in [0.15, 0.2) is 0 Å². The first-order chi connectivity index (χ1) is 9.10. The molecule has 0 aromatic carbocycles. The first-order valence-electron chi connectivity index (χ1n) is 7.11. The van der Waals surface area contributed by atoms with E-state index in [1.807, 2.05) is 6.92 Å². The minimum Gasteiger partial charge on any atom is -0.480 e. The maximum absolute atomic E-state index is 12.0. The van der Waals surface area contributed by atoms with Gasteiger partial charge in [0.15, 0.2) is 0 Å². The molecule has 108 valence electrons. The highest BCUT2D eigenvalue weighted by Crippen LogP contribution is 2.29. The average molecular weight is 269 g/mol. The van der Waals surface area contributed by atoms with Crippen molar-refractivity contribution in [1.29, 1.82) is 0 Å². The molecule has 1 heterocycles. The second-order valence-corrected chi connectivity index (χ2v) is 5.48. The summed E-state index contributed by atoms with van der Waals surface area (Å²) >= 11 is 0. The average Bonchev–Trinajstić information content (AvgIpc) is 3.09. The smallest absolute Gasteiger partial charge is 0.323 e. The molecule has 2 rings (SSSR count). The van der Waals surface area contributed by atoms with Crippen molar-refractivity contribution >= 4 is 12.0 Å². The molecule has 1 aliphatic carbocycles. The van der Waals surface area contributed by atoms with E-state index in [9.17, 15) is 9.59 Å². The van der Waals surface area contributed by atoms with Gasteiger partial charge in [0.05, 0.1) is 0 Å². The zero-order valence-corrected chi connectivity index (χ0v) is 11.5. The topological polar surface area (TPSA) is 72.9 Å². The first-order valence-corrected chi connectivity index (χ1v) is 7.11. The van der Waals surface area contributed by atoms with Gasteiger partial charge in [0.2, 0.25) is 0 Å². The molecular formula is C13H23N3O3. The summed E-state index contributed by atoms with van der Waals surface area (Å²) in [7, 11) is 0. The van der Waals surface area contributed by atoms with Gasteiger partial charge in [-0.1, -0.05) is 6.92 Å². The Hall–Kier alpha value is -1.30. The molecule has 1 atom stereocenters. The van der Waals surface area contributed by atoms with Gasteiger partial charge in [-0.25, -0.2) is 4.79 Å². The zero-order valence-electron chi connectivity index (χ0n) is 11.5. The predicted octanol–water partition coefficient (Wildman–Crippen LogP) is 0.729. The van der Waals surface area contributed by atoms with Gasteiger partial charge in [-0.15, -0.1) is 0 Å². The maximum Gasteiger partial charge on any atom is 0.323 e. The fraction of sp³-hybridized carbons (Fsp3) is 0.846. The fourth-order valence-corrected chi connectivity index (χ4v) is 2.63. The van der Waals surface area contributed by atoms with Crippen LogP contribution >= 0.6 is 0 Å². The molecule has 1 saturated heterocycles. The van der Waals surface area contributed by atoms with Crippen molar-refractivity contribution in [3.05, 3.63) is 0 Å². The summed E-state index contributed by atoms with van der Waals surface area (Å²) in [5, 5.41) is 11.8. The van der Waals surface area contributed by atoms with E-state index in [-0.39, 0.29) is 18.6 Å². The molecule has 2 aliphatic rings. The monoisotopic (exact) mass is 269 g/mol. The molecule has 2 N–H and O–H groups in total. The zero-order chi connectivity index (χ0) is 13.8. The summed E-state index contributed by atoms with van der Waals surface area (Å²) in [5.41, 5.74) is 0. The highest BCUT2D eigenvalue weighted by atomic mass is 16.4. The molecule has 0 radical (unpaired) electrons. The molecule has 0 aromatic rings. The summed E-state index contributed by atoms with van der Waals surface area (Å²) < 4.78 is 0. The van der Waals surface area contributed by atoms with E-state index >= 15 is 0 Å². The van der Waals surface area contributed by atoms with E-state index in [0.717, 1.165) is 32.0 Å². The molecule has 19 heavy (non-hydrogen) atoms. The van der Waals surface area contributed by atoms with Crippen LogP contribution in [0.25, 0.3) is 0 Å². The molecule has 1 saturated carbocycles. The Morgan fingerprint density at radius 3 is 2.68 bits per heavy atom. The van der Waals surface area contributed by atoms with Gasteiger partial charge in [0.1, 0.15) is 6.54 Å². The van der Waals surface area contributed by atoms with Gasteiger partial charge in [-0.2, -0.15) is 0 Å². The molecule has 2 fully saturated rings. The summed E-state index contributed by atoms with van der Waals surface area (Å²) in [4.78, 5) is 26.6. The molecule has 6 heteroatoms. The molecule has 0 bridgehead atoms. The van der Waals surface area contributed by atoms with Crippen LogP contribution in [0.3, 0.4) is 0 Å². The van der Waals surface area contributed by atoms with E-state index in [1.54, 1.807) is 0 Å². The molecule has 1 unspecified atom stereocenters. The van der Waals surface area contributed by atoms with Gasteiger partial charge < -0.3 is 15.3 Å². The Labute approximate surface area is 113 Å². The number of rotatable bonds is 6. The van der Waals surface area contributed by atoms with Crippen molar-refractivity contribution in [3.63, 3.8) is 0 Å². The quantitative estimate of drug-likeness (QED) is 0.745. The van der Waals surface area contributed by atoms with Crippen LogP contribution in [0.5, 0.6) is 0 Å². The molecular weight excluding hydrogens is 246 g/mol. The van der Waals surface area contributed by atoms with Crippen LogP contribution in [0.2, 0.25) is 0 Å². The minimum atomic E-state index is -0.963. The first kappa shape index (κ1) is 14.1. The Morgan fingerprint density at radius 2 is 2.11 bits per heavy atom. The Bertz CT molecular complexity index is 344. The van der Waals surface area contributed by atoms with E-state index in [4.69, 9.17) is 5.11 Å². The number of amides is 2. The van der Waals surface area contributed by atoms with Crippen molar-refractivity contribution in [2.45, 2.75) is 44.7 Å². The van der Waals surface area contributed by atoms with Gasteiger partial charge in [-0.3, -0.25) is 9.69 Å². The van der Waals surface area contributed by atoms with Crippen LogP contribution in [-0.2, 0) is 4.79 Å². The number of carboxylic acids is 1. The third-order valence-electron chi connectivity index (χ3n) is 3.72. The molecule has 1 aliphatic heterocycles. The highest BCUT2D eigenvalue weighted by Gasteiger charge is 2.35. The largest absolute Gasteiger partial charge is 0.480 e. The lowest BCUT2D eigenvalue weighted by Crippen LogP contribution is -2.47. The maximum atomic E-state index is 12.0. The van der Waals surface area contributed by atoms with E-state index in [0.29, 0.717) is 6.54 Å². The van der Waals surface area contributed by atoms with E-state index in [1.165, 1.54) is 17.7 Å². The molecule has 6 nitrogen and oxygen atoms in total. The summed E-state index contributed by atoms with van der Waals surface area (Å²) in [5.74, 6) is -0.963. The van der Waals surface area contributed by atoms with E-state index in [2.05, 4.69) is 10.2 Å². The van der Waals surface area contributed by atoms with Crippen molar-refractivity contribution < 1.29 is 14.7 Å². The second-order valence-electron chi connectivity index (χ2n) is 5.48. The van der Waals surface area contributed by atoms with Gasteiger partial charge in [-0.05, 0) is 25.7 Å². The molecule has 0 aromatic heterocycles. The SMILES string of the molecule is CCCN(CC(=O)O)C(=O)NC1CCN(C2CC2)C1. The second kappa shape index (κ2) is 6.23. The van der Waals surface area contributed by atoms with Gasteiger partial charge in [0.25, 0.3) is 0 Å². The molecule has 2 amide bonds. The number of hydrogen-bond acceptors (Lipinski definition) is 3. The van der Waals surface area contributed by atoms with Crippen LogP contribution in [-0.4, -0.2) is 65.2 Å². The van der Waals surface area contributed by atoms with Crippen LogP contribution < -0.4 is 5.32 Å². The third kappa shape index (κ3) is 4.09. The van der Waals surface area contributed by atoms with E-state index < -0.39 is 5.97 Å². The van der Waals surface area contributed by atoms with Crippen molar-refractivity contribution in [2.24, 2.45) is 0 Å². The minimum absolute atomic E-state index is 0.168. The lowest BCUT2D eigenvalue weighted by Gasteiger charge is -2.23. The number of hydrogen-bond donors (Lipinski definition) is 2. The number of carbonyl (C=O) groups is 2. The van der Waals surface area contributed by atoms with Gasteiger partial charge in [0, 0.05) is 31.7 Å². The number of nitrogens with one attached hydrogen (secondary N) is 1. The van der Waals surface area contributed by atoms with Crippen molar-refractivity contribution in [3.8, 4) is 0 Å². The lowest BCUT2D eigenvalue weighted by atomic mass is 10.3. The Balaban J connectivity index is 1.79. The fourth-order valence-electron chi connectivity index (χ4n) is 2.63. The lowest BCUT2D eigenvalue weighted by molar-refractivity contribution is -0.137. The number of carbonyl (C=O) groups excluding carboxylic acids is 1. The Kier molecular flexibility index (Phi) is 4.63. The summed E-state index contributed by atoms with van der Waals surface area (Å²) in [6, 6.07) is 0.654. The number of likely N-dealkylation sites (tertiary alicyclic amines) is 1. The number of aliphatic carboxylic acids is 1. The van der Waals surface area contributed by atoms with Crippen LogP contribution in [0.1, 0.15) is 32.6 Å². The summed E-state index contributed by atoms with van der Waals surface area (Å²) in [6.07, 6.45) is 4.29. The number of nitrogens with zero attached hydrogens (tertiary/aromatic N) is 2. The highest BCUT2D eigenvalue weighted by molar-refractivity contribution is 5.80. The summed E-state index contributed by atoms with van der Waals surface area (Å²) in [6.45, 7) is 4.15. The van der Waals surface area contributed by atoms with Gasteiger partial charge >= 0.3 is 12.0 Å². The van der Waals surface area contributed by atoms with Crippen molar-refractivity contribution in [1.82, 2.24) is 15.1 Å². The normalized spacial score (nSPS) is 23.3. The number of carboxylic acid groups (broad SMARTS) is 1.